The molecule has 29 heavy (non-hydrogen) atoms. The van der Waals surface area contributed by atoms with Gasteiger partial charge in [-0.2, -0.15) is 10.2 Å². The molecule has 0 aromatic carbocycles. The number of rotatable bonds is 4. The van der Waals surface area contributed by atoms with Crippen molar-refractivity contribution < 1.29 is 9.53 Å². The molecule has 2 aliphatic rings. The molecule has 2 atom stereocenters. The lowest BCUT2D eigenvalue weighted by Gasteiger charge is -2.43. The Kier molecular flexibility index (Phi) is 5.94. The highest BCUT2D eigenvalue weighted by Crippen LogP contribution is 2.33. The molecule has 0 bridgehead atoms. The van der Waals surface area contributed by atoms with Crippen LogP contribution in [0.4, 0.5) is 0 Å². The van der Waals surface area contributed by atoms with Crippen molar-refractivity contribution in [3.63, 3.8) is 0 Å². The summed E-state index contributed by atoms with van der Waals surface area (Å²) in [6.07, 6.45) is 7.41. The van der Waals surface area contributed by atoms with Gasteiger partial charge in [-0.1, -0.05) is 18.0 Å². The van der Waals surface area contributed by atoms with Crippen LogP contribution < -0.4 is 0 Å². The summed E-state index contributed by atoms with van der Waals surface area (Å²) in [5.41, 5.74) is 2.07. The number of aryl methyl sites for hydroxylation is 2. The molecule has 2 aliphatic heterocycles. The van der Waals surface area contributed by atoms with E-state index in [2.05, 4.69) is 15.1 Å². The first-order chi connectivity index (χ1) is 14.0. The van der Waals surface area contributed by atoms with Crippen LogP contribution in [0.25, 0.3) is 0 Å². The van der Waals surface area contributed by atoms with E-state index >= 15 is 0 Å². The molecule has 2 fully saturated rings. The molecule has 0 spiro atoms. The molecule has 0 aliphatic carbocycles. The van der Waals surface area contributed by atoms with Gasteiger partial charge in [0.2, 0.25) is 0 Å². The molecule has 0 N–H and O–H groups in total. The Morgan fingerprint density at radius 3 is 2.62 bits per heavy atom. The van der Waals surface area contributed by atoms with Gasteiger partial charge in [-0.15, -0.1) is 0 Å². The average molecular weight is 421 g/mol. The number of halogens is 1. The van der Waals surface area contributed by atoms with Crippen LogP contribution in [-0.4, -0.2) is 74.2 Å². The topological polar surface area (TPSA) is 68.4 Å². The van der Waals surface area contributed by atoms with E-state index in [4.69, 9.17) is 16.3 Å². The Morgan fingerprint density at radius 1 is 1.24 bits per heavy atom. The van der Waals surface area contributed by atoms with Crippen molar-refractivity contribution in [2.75, 3.05) is 32.8 Å². The third kappa shape index (κ3) is 4.06. The Bertz CT molecular complexity index is 872. The van der Waals surface area contributed by atoms with Crippen molar-refractivity contribution in [3.05, 3.63) is 34.4 Å². The fraction of sp³-hybridized carbons (Fsp3) is 0.650. The first kappa shape index (κ1) is 20.4. The molecule has 0 radical (unpaired) electrons. The molecule has 2 aromatic heterocycles. The number of morpholine rings is 1. The summed E-state index contributed by atoms with van der Waals surface area (Å²) in [6.45, 7) is 5.84. The minimum Gasteiger partial charge on any atom is -0.373 e. The molecule has 1 amide bonds. The lowest BCUT2D eigenvalue weighted by Crippen LogP contribution is -2.52. The van der Waals surface area contributed by atoms with Gasteiger partial charge in [-0.3, -0.25) is 14.2 Å². The van der Waals surface area contributed by atoms with Crippen LogP contribution in [0.2, 0.25) is 5.02 Å². The number of likely N-dealkylation sites (tertiary alicyclic amines) is 1. The zero-order valence-corrected chi connectivity index (χ0v) is 18.1. The summed E-state index contributed by atoms with van der Waals surface area (Å²) in [7, 11) is 3.69. The minimum atomic E-state index is -0.217. The van der Waals surface area contributed by atoms with Gasteiger partial charge in [-0.25, -0.2) is 0 Å². The largest absolute Gasteiger partial charge is 0.373 e. The van der Waals surface area contributed by atoms with Gasteiger partial charge in [0, 0.05) is 38.9 Å². The Labute approximate surface area is 176 Å². The molecule has 8 nitrogen and oxygen atoms in total. The van der Waals surface area contributed by atoms with E-state index in [9.17, 15) is 4.79 Å². The fourth-order valence-corrected chi connectivity index (χ4v) is 4.59. The van der Waals surface area contributed by atoms with E-state index in [0.29, 0.717) is 23.9 Å². The first-order valence-electron chi connectivity index (χ1n) is 10.3. The third-order valence-corrected chi connectivity index (χ3v) is 6.48. The molecule has 4 heterocycles. The van der Waals surface area contributed by atoms with Crippen molar-refractivity contribution in [2.24, 2.45) is 14.1 Å². The number of piperidine rings is 1. The highest BCUT2D eigenvalue weighted by Gasteiger charge is 2.40. The van der Waals surface area contributed by atoms with Crippen molar-refractivity contribution in [3.8, 4) is 0 Å². The standard InChI is InChI=1S/C20H29ClN6O2/c1-14-17(21)18(23-25(14)3)20(28)27-9-10-29-16(13-26-7-5-4-6-8-26)19(27)15-11-22-24(2)12-15/h11-12,16,19H,4-10,13H2,1-3H3/t16-,19-/m0/s1. The molecule has 4 rings (SSSR count). The molecule has 158 valence electrons. The van der Waals surface area contributed by atoms with Gasteiger partial charge >= 0.3 is 0 Å². The maximum atomic E-state index is 13.5. The van der Waals surface area contributed by atoms with E-state index in [1.54, 1.807) is 16.4 Å². The number of hydrogen-bond donors (Lipinski definition) is 0. The summed E-state index contributed by atoms with van der Waals surface area (Å²) in [5, 5.41) is 9.14. The van der Waals surface area contributed by atoms with E-state index in [0.717, 1.165) is 30.9 Å². The third-order valence-electron chi connectivity index (χ3n) is 6.03. The highest BCUT2D eigenvalue weighted by molar-refractivity contribution is 6.34. The number of nitrogens with zero attached hydrogens (tertiary/aromatic N) is 6. The molecule has 9 heteroatoms. The quantitative estimate of drug-likeness (QED) is 0.758. The summed E-state index contributed by atoms with van der Waals surface area (Å²) >= 11 is 6.43. The Balaban J connectivity index is 1.65. The van der Waals surface area contributed by atoms with Crippen molar-refractivity contribution >= 4 is 17.5 Å². The van der Waals surface area contributed by atoms with Crippen molar-refractivity contribution in [1.29, 1.82) is 0 Å². The van der Waals surface area contributed by atoms with Crippen molar-refractivity contribution in [2.45, 2.75) is 38.3 Å². The van der Waals surface area contributed by atoms with E-state index in [-0.39, 0.29) is 18.1 Å². The zero-order chi connectivity index (χ0) is 20.5. The normalized spacial score (nSPS) is 23.5. The van der Waals surface area contributed by atoms with E-state index in [1.165, 1.54) is 19.3 Å². The van der Waals surface area contributed by atoms with Crippen LogP contribution >= 0.6 is 11.6 Å². The first-order valence-corrected chi connectivity index (χ1v) is 10.7. The summed E-state index contributed by atoms with van der Waals surface area (Å²) in [5.74, 6) is -0.153. The number of aromatic nitrogens is 4. The van der Waals surface area contributed by atoms with Crippen LogP contribution in [0.5, 0.6) is 0 Å². The van der Waals surface area contributed by atoms with Crippen LogP contribution in [-0.2, 0) is 18.8 Å². The van der Waals surface area contributed by atoms with Crippen LogP contribution in [0.15, 0.2) is 12.4 Å². The molecule has 0 unspecified atom stereocenters. The second-order valence-electron chi connectivity index (χ2n) is 8.03. The van der Waals surface area contributed by atoms with E-state index in [1.807, 2.05) is 31.3 Å². The van der Waals surface area contributed by atoms with E-state index < -0.39 is 0 Å². The molecule has 2 aromatic rings. The average Bonchev–Trinajstić information content (AvgIpc) is 3.26. The zero-order valence-electron chi connectivity index (χ0n) is 17.3. The number of carbonyl (C=O) groups is 1. The van der Waals surface area contributed by atoms with Gasteiger partial charge in [0.1, 0.15) is 0 Å². The lowest BCUT2D eigenvalue weighted by molar-refractivity contribution is -0.0743. The predicted molar refractivity (Wildman–Crippen MR) is 110 cm³/mol. The maximum Gasteiger partial charge on any atom is 0.276 e. The fourth-order valence-electron chi connectivity index (χ4n) is 4.35. The molecular weight excluding hydrogens is 392 g/mol. The molecule has 2 saturated heterocycles. The van der Waals surface area contributed by atoms with Gasteiger partial charge < -0.3 is 14.5 Å². The summed E-state index contributed by atoms with van der Waals surface area (Å²) < 4.78 is 9.62. The second kappa shape index (κ2) is 8.45. The highest BCUT2D eigenvalue weighted by atomic mass is 35.5. The predicted octanol–water partition coefficient (Wildman–Crippen LogP) is 2.18. The Morgan fingerprint density at radius 2 is 2.00 bits per heavy atom. The Hall–Kier alpha value is -1.90. The number of amides is 1. The number of ether oxygens (including phenoxy) is 1. The monoisotopic (exact) mass is 420 g/mol. The second-order valence-corrected chi connectivity index (χ2v) is 8.41. The lowest BCUT2D eigenvalue weighted by atomic mass is 9.99. The molecular formula is C20H29ClN6O2. The van der Waals surface area contributed by atoms with Gasteiger partial charge in [-0.05, 0) is 32.9 Å². The van der Waals surface area contributed by atoms with Gasteiger partial charge in [0.25, 0.3) is 5.91 Å². The summed E-state index contributed by atoms with van der Waals surface area (Å²) in [6, 6.07) is -0.217. The molecule has 0 saturated carbocycles. The number of carbonyl (C=O) groups excluding carboxylic acids is 1. The minimum absolute atomic E-state index is 0.112. The SMILES string of the molecule is Cc1c(Cl)c(C(=O)N2CCO[C@@H](CN3CCCCC3)[C@@H]2c2cnn(C)c2)nn1C. The van der Waals surface area contributed by atoms with Gasteiger partial charge in [0.05, 0.1) is 35.7 Å². The maximum absolute atomic E-state index is 13.5. The number of hydrogen-bond acceptors (Lipinski definition) is 5. The summed E-state index contributed by atoms with van der Waals surface area (Å²) in [4.78, 5) is 17.8. The van der Waals surface area contributed by atoms with Crippen LogP contribution in [0.1, 0.15) is 47.1 Å². The van der Waals surface area contributed by atoms with Crippen molar-refractivity contribution in [1.82, 2.24) is 29.4 Å². The van der Waals surface area contributed by atoms with Crippen LogP contribution in [0, 0.1) is 6.92 Å². The van der Waals surface area contributed by atoms with Gasteiger partial charge in [0.15, 0.2) is 5.69 Å². The van der Waals surface area contributed by atoms with Crippen LogP contribution in [0.3, 0.4) is 0 Å². The smallest absolute Gasteiger partial charge is 0.276 e.